The molecule has 1 heterocycles. The minimum absolute atomic E-state index is 0.0526. The Bertz CT molecular complexity index is 1960. The van der Waals surface area contributed by atoms with E-state index in [0.717, 1.165) is 19.3 Å². The maximum absolute atomic E-state index is 14.4. The summed E-state index contributed by atoms with van der Waals surface area (Å²) in [5.74, 6) is -0.801. The van der Waals surface area contributed by atoms with Crippen molar-refractivity contribution in [1.82, 2.24) is 0 Å². The second-order valence-corrected chi connectivity index (χ2v) is 19.4. The molecule has 58 heavy (non-hydrogen) atoms. The Morgan fingerprint density at radius 1 is 0.914 bits per heavy atom. The molecule has 0 spiro atoms. The zero-order valence-electron chi connectivity index (χ0n) is 36.3. The fourth-order valence-electron chi connectivity index (χ4n) is 12.8. The van der Waals surface area contributed by atoms with Gasteiger partial charge < -0.3 is 18.9 Å². The fraction of sp³-hybridized carbons (Fsp3) is 0.612. The molecule has 10 unspecified atom stereocenters. The van der Waals surface area contributed by atoms with Crippen LogP contribution in [-0.2, 0) is 28.5 Å². The molecule has 10 atom stereocenters. The first-order valence-electron chi connectivity index (χ1n) is 21.4. The van der Waals surface area contributed by atoms with Crippen molar-refractivity contribution in [3.8, 4) is 0 Å². The van der Waals surface area contributed by atoms with Crippen LogP contribution in [0.3, 0.4) is 0 Å². The van der Waals surface area contributed by atoms with Crippen LogP contribution < -0.4 is 0 Å². The lowest BCUT2D eigenvalue weighted by Crippen LogP contribution is -2.64. The number of benzene rings is 1. The van der Waals surface area contributed by atoms with Crippen molar-refractivity contribution in [2.24, 2.45) is 51.8 Å². The van der Waals surface area contributed by atoms with Crippen LogP contribution in [0.25, 0.3) is 0 Å². The van der Waals surface area contributed by atoms with Gasteiger partial charge in [0.05, 0.1) is 34.9 Å². The smallest absolute Gasteiger partial charge is 0.346 e. The van der Waals surface area contributed by atoms with Crippen molar-refractivity contribution in [3.63, 3.8) is 0 Å². The van der Waals surface area contributed by atoms with Crippen LogP contribution in [0, 0.1) is 51.8 Å². The highest BCUT2D eigenvalue weighted by molar-refractivity contribution is 6.15. The Kier molecular flexibility index (Phi) is 12.3. The van der Waals surface area contributed by atoms with E-state index in [0.29, 0.717) is 48.0 Å². The molecule has 4 fully saturated rings. The molecule has 1 aliphatic heterocycles. The second-order valence-electron chi connectivity index (χ2n) is 19.4. The number of hydrogen-bond acceptors (Lipinski definition) is 9. The van der Waals surface area contributed by atoms with Gasteiger partial charge in [0.25, 0.3) is 0 Å². The van der Waals surface area contributed by atoms with Crippen molar-refractivity contribution in [2.45, 2.75) is 132 Å². The molecule has 4 aliphatic carbocycles. The first-order chi connectivity index (χ1) is 27.3. The molecule has 0 saturated heterocycles. The lowest BCUT2D eigenvalue weighted by atomic mass is 9.40. The first-order valence-corrected chi connectivity index (χ1v) is 21.4. The summed E-state index contributed by atoms with van der Waals surface area (Å²) in [4.78, 5) is 65.3. The number of cyclic esters (lactones) is 2. The number of ether oxygens (including phenoxy) is 4. The molecule has 0 radical (unpaired) electrons. The number of carbonyl (C=O) groups excluding carboxylic acids is 5. The van der Waals surface area contributed by atoms with E-state index in [1.54, 1.807) is 19.9 Å². The summed E-state index contributed by atoms with van der Waals surface area (Å²) in [7, 11) is 1.30. The van der Waals surface area contributed by atoms with E-state index in [9.17, 15) is 24.0 Å². The number of methoxy groups -OCH3 is 1. The molecule has 0 amide bonds. The van der Waals surface area contributed by atoms with E-state index >= 15 is 0 Å². The lowest BCUT2D eigenvalue weighted by molar-refractivity contribution is -0.227. The molecule has 314 valence electrons. The Morgan fingerprint density at radius 3 is 2.24 bits per heavy atom. The van der Waals surface area contributed by atoms with Crippen LogP contribution in [0.15, 0.2) is 65.3 Å². The van der Waals surface area contributed by atoms with Crippen LogP contribution in [0.5, 0.6) is 0 Å². The van der Waals surface area contributed by atoms with Gasteiger partial charge in [-0.15, -0.1) is 0 Å². The Hall–Kier alpha value is -4.27. The summed E-state index contributed by atoms with van der Waals surface area (Å²) in [5, 5.41) is 0. The van der Waals surface area contributed by atoms with E-state index < -0.39 is 47.5 Å². The van der Waals surface area contributed by atoms with Crippen LogP contribution in [0.1, 0.15) is 151 Å². The Balaban J connectivity index is 1.33. The quantitative estimate of drug-likeness (QED) is 0.0538. The highest BCUT2D eigenvalue weighted by Gasteiger charge is 2.67. The van der Waals surface area contributed by atoms with Gasteiger partial charge in [-0.1, -0.05) is 58.9 Å². The second kappa shape index (κ2) is 16.4. The fourth-order valence-corrected chi connectivity index (χ4v) is 12.8. The molecule has 1 aromatic rings. The Morgan fingerprint density at radius 2 is 1.59 bits per heavy atom. The van der Waals surface area contributed by atoms with Gasteiger partial charge in [0, 0.05) is 11.3 Å². The summed E-state index contributed by atoms with van der Waals surface area (Å²) in [6.45, 7) is 23.4. The standard InChI is InChI=1S/C49H64O9/c1-12-30(24-33(28(4)5)44(52)55-11)42(50)56-39-26-35-37-19-18-36(29(6)15-13-14-27(2)3)48(37,9)22-20-38(35)49(10)23-21-40(47(7,8)41(39)49)57-43(51)31-16-17-32-34(25-31)46(54)58-45(32)53/h12,14,16-17,24-25,29,35-41H,4,13,15,18-23,26H2,1-3,5-11H3/b30-12+,33-24+. The number of carbonyl (C=O) groups is 5. The normalized spacial score (nSPS) is 33.0. The average molecular weight is 797 g/mol. The molecule has 9 heteroatoms. The van der Waals surface area contributed by atoms with E-state index in [1.807, 2.05) is 0 Å². The maximum Gasteiger partial charge on any atom is 0.346 e. The van der Waals surface area contributed by atoms with Gasteiger partial charge in [0.1, 0.15) is 12.2 Å². The minimum atomic E-state index is -0.780. The van der Waals surface area contributed by atoms with Gasteiger partial charge >= 0.3 is 29.8 Å². The van der Waals surface area contributed by atoms with Gasteiger partial charge in [-0.25, -0.2) is 24.0 Å². The van der Waals surface area contributed by atoms with Crippen molar-refractivity contribution < 1.29 is 42.9 Å². The van der Waals surface area contributed by atoms with Gasteiger partial charge in [-0.05, 0) is 156 Å². The highest BCUT2D eigenvalue weighted by Crippen LogP contribution is 2.71. The summed E-state index contributed by atoms with van der Waals surface area (Å²) in [5.41, 5.74) is 2.01. The molecule has 5 aliphatic rings. The molecular weight excluding hydrogens is 733 g/mol. The number of fused-ring (bicyclic) bond motifs is 6. The summed E-state index contributed by atoms with van der Waals surface area (Å²) < 4.78 is 22.8. The molecule has 6 rings (SSSR count). The third kappa shape index (κ3) is 7.67. The molecule has 0 N–H and O–H groups in total. The van der Waals surface area contributed by atoms with E-state index in [1.165, 1.54) is 62.6 Å². The largest absolute Gasteiger partial charge is 0.465 e. The monoisotopic (exact) mass is 796 g/mol. The predicted octanol–water partition coefficient (Wildman–Crippen LogP) is 10.3. The molecule has 4 saturated carbocycles. The van der Waals surface area contributed by atoms with Crippen molar-refractivity contribution in [1.29, 1.82) is 0 Å². The van der Waals surface area contributed by atoms with Crippen molar-refractivity contribution in [3.05, 3.63) is 82.0 Å². The predicted molar refractivity (Wildman–Crippen MR) is 222 cm³/mol. The van der Waals surface area contributed by atoms with E-state index in [2.05, 4.69) is 61.1 Å². The van der Waals surface area contributed by atoms with Crippen LogP contribution in [-0.4, -0.2) is 49.2 Å². The molecule has 0 bridgehead atoms. The van der Waals surface area contributed by atoms with Gasteiger partial charge in [0.15, 0.2) is 0 Å². The summed E-state index contributed by atoms with van der Waals surface area (Å²) in [6, 6.07) is 4.30. The van der Waals surface area contributed by atoms with Gasteiger partial charge in [0.2, 0.25) is 0 Å². The zero-order valence-corrected chi connectivity index (χ0v) is 36.3. The number of rotatable bonds is 11. The van der Waals surface area contributed by atoms with Crippen LogP contribution in [0.2, 0.25) is 0 Å². The van der Waals surface area contributed by atoms with Crippen molar-refractivity contribution >= 4 is 29.8 Å². The maximum atomic E-state index is 14.4. The van der Waals surface area contributed by atoms with Crippen LogP contribution in [0.4, 0.5) is 0 Å². The summed E-state index contributed by atoms with van der Waals surface area (Å²) >= 11 is 0. The van der Waals surface area contributed by atoms with Gasteiger partial charge in [-0.2, -0.15) is 0 Å². The average Bonchev–Trinajstić information content (AvgIpc) is 3.66. The molecule has 0 aromatic heterocycles. The van der Waals surface area contributed by atoms with Crippen molar-refractivity contribution in [2.75, 3.05) is 7.11 Å². The molecule has 9 nitrogen and oxygen atoms in total. The Labute approximate surface area is 345 Å². The number of esters is 5. The number of hydrogen-bond donors (Lipinski definition) is 0. The van der Waals surface area contributed by atoms with E-state index in [-0.39, 0.29) is 44.6 Å². The molecular formula is C49H64O9. The van der Waals surface area contributed by atoms with Crippen LogP contribution >= 0.6 is 0 Å². The topological polar surface area (TPSA) is 122 Å². The molecule has 1 aromatic carbocycles. The third-order valence-corrected chi connectivity index (χ3v) is 15.5. The zero-order chi connectivity index (χ0) is 42.5. The minimum Gasteiger partial charge on any atom is -0.465 e. The highest BCUT2D eigenvalue weighted by atomic mass is 16.6. The first kappa shape index (κ1) is 43.3. The van der Waals surface area contributed by atoms with E-state index in [4.69, 9.17) is 18.9 Å². The third-order valence-electron chi connectivity index (χ3n) is 15.5. The lowest BCUT2D eigenvalue weighted by Gasteiger charge is -2.66. The van der Waals surface area contributed by atoms with Gasteiger partial charge in [-0.3, -0.25) is 0 Å². The number of allylic oxidation sites excluding steroid dienone is 3. The SMILES string of the molecule is C=C(C)/C(=C\C(=C/C)C(=O)OC1CC2C3CCC(C(C)CCC=C(C)C)C3(C)CCC2C2(C)CCC(OC(=O)c3ccc4c(c3)C(=O)OC4=O)C(C)(C)C12)C(=O)OC. The summed E-state index contributed by atoms with van der Waals surface area (Å²) in [6.07, 6.45) is 13.6.